The average Bonchev–Trinajstić information content (AvgIpc) is 2.77. The zero-order valence-electron chi connectivity index (χ0n) is 10.5. The topological polar surface area (TPSA) is 63.2 Å². The van der Waals surface area contributed by atoms with Gasteiger partial charge in [0.25, 0.3) is 0 Å². The Kier molecular flexibility index (Phi) is 4.22. The van der Waals surface area contributed by atoms with Crippen LogP contribution in [-0.2, 0) is 14.6 Å². The van der Waals surface area contributed by atoms with Crippen molar-refractivity contribution in [2.45, 2.75) is 55.7 Å². The molecule has 1 atom stereocenters. The van der Waals surface area contributed by atoms with Crippen molar-refractivity contribution in [1.82, 2.24) is 5.32 Å². The highest BCUT2D eigenvalue weighted by atomic mass is 35.5. The molecule has 2 fully saturated rings. The number of hydrogen-bond donors (Lipinski definition) is 1. The molecule has 1 saturated heterocycles. The van der Waals surface area contributed by atoms with Crippen molar-refractivity contribution in [3.05, 3.63) is 0 Å². The third-order valence-electron chi connectivity index (χ3n) is 4.08. The van der Waals surface area contributed by atoms with Crippen LogP contribution in [0.5, 0.6) is 0 Å². The lowest BCUT2D eigenvalue weighted by Crippen LogP contribution is -2.53. The van der Waals surface area contributed by atoms with Gasteiger partial charge in [-0.1, -0.05) is 19.3 Å². The molecule has 1 N–H and O–H groups in total. The van der Waals surface area contributed by atoms with Gasteiger partial charge in [0.2, 0.25) is 5.91 Å². The minimum atomic E-state index is -3.25. The molecule has 0 radical (unpaired) electrons. The molecule has 1 amide bonds. The summed E-state index contributed by atoms with van der Waals surface area (Å²) >= 11 is 5.95. The standard InChI is InChI=1S/C12H20ClNO3S/c13-9-12(6-2-3-7-12)14-11(15)10-5-1-4-8-18(10,16)17/h10H,1-9H2,(H,14,15). The van der Waals surface area contributed by atoms with Crippen LogP contribution >= 0.6 is 11.6 Å². The zero-order chi connectivity index (χ0) is 13.2. The summed E-state index contributed by atoms with van der Waals surface area (Å²) < 4.78 is 23.8. The van der Waals surface area contributed by atoms with Gasteiger partial charge in [0.05, 0.1) is 11.3 Å². The summed E-state index contributed by atoms with van der Waals surface area (Å²) in [4.78, 5) is 12.2. The molecule has 2 aliphatic rings. The molecular weight excluding hydrogens is 274 g/mol. The number of halogens is 1. The van der Waals surface area contributed by atoms with Crippen molar-refractivity contribution in [2.75, 3.05) is 11.6 Å². The van der Waals surface area contributed by atoms with Gasteiger partial charge in [-0.3, -0.25) is 4.79 Å². The Balaban J connectivity index is 2.07. The van der Waals surface area contributed by atoms with Gasteiger partial charge in [-0.15, -0.1) is 11.6 Å². The van der Waals surface area contributed by atoms with Gasteiger partial charge in [-0.25, -0.2) is 8.42 Å². The third kappa shape index (κ3) is 2.82. The molecule has 0 aromatic heterocycles. The predicted octanol–water partition coefficient (Wildman–Crippen LogP) is 1.62. The number of rotatable bonds is 3. The number of carbonyl (C=O) groups is 1. The van der Waals surface area contributed by atoms with Crippen molar-refractivity contribution >= 4 is 27.3 Å². The maximum absolute atomic E-state index is 12.2. The maximum atomic E-state index is 12.2. The molecule has 104 valence electrons. The Morgan fingerprint density at radius 1 is 1.22 bits per heavy atom. The molecule has 0 aromatic carbocycles. The Hall–Kier alpha value is -0.290. The number of carbonyl (C=O) groups excluding carboxylic acids is 1. The minimum absolute atomic E-state index is 0.138. The van der Waals surface area contributed by atoms with E-state index in [1.165, 1.54) is 0 Å². The maximum Gasteiger partial charge on any atom is 0.238 e. The van der Waals surface area contributed by atoms with Gasteiger partial charge >= 0.3 is 0 Å². The van der Waals surface area contributed by atoms with Crippen molar-refractivity contribution in [1.29, 1.82) is 0 Å². The smallest absolute Gasteiger partial charge is 0.238 e. The summed E-state index contributed by atoms with van der Waals surface area (Å²) in [5.74, 6) is 0.169. The second kappa shape index (κ2) is 5.37. The molecule has 1 saturated carbocycles. The zero-order valence-corrected chi connectivity index (χ0v) is 12.0. The highest BCUT2D eigenvalue weighted by Crippen LogP contribution is 2.31. The second-order valence-electron chi connectivity index (χ2n) is 5.46. The van der Waals surface area contributed by atoms with E-state index >= 15 is 0 Å². The number of sulfone groups is 1. The molecule has 1 aliphatic heterocycles. The van der Waals surface area contributed by atoms with Crippen molar-refractivity contribution in [3.8, 4) is 0 Å². The lowest BCUT2D eigenvalue weighted by atomic mass is 10.00. The van der Waals surface area contributed by atoms with E-state index < -0.39 is 15.1 Å². The van der Waals surface area contributed by atoms with E-state index in [-0.39, 0.29) is 17.2 Å². The van der Waals surface area contributed by atoms with Gasteiger partial charge in [0.1, 0.15) is 5.25 Å². The molecule has 1 heterocycles. The van der Waals surface area contributed by atoms with Crippen molar-refractivity contribution in [2.24, 2.45) is 0 Å². The van der Waals surface area contributed by atoms with Crippen molar-refractivity contribution < 1.29 is 13.2 Å². The number of amides is 1. The van der Waals surface area contributed by atoms with Crippen LogP contribution in [-0.4, -0.2) is 36.7 Å². The van der Waals surface area contributed by atoms with Crippen LogP contribution in [0.4, 0.5) is 0 Å². The highest BCUT2D eigenvalue weighted by Gasteiger charge is 2.40. The Bertz CT molecular complexity index is 415. The van der Waals surface area contributed by atoms with E-state index in [0.29, 0.717) is 18.7 Å². The van der Waals surface area contributed by atoms with Crippen LogP contribution in [0.25, 0.3) is 0 Å². The number of hydrogen-bond acceptors (Lipinski definition) is 3. The molecule has 0 spiro atoms. The first kappa shape index (κ1) is 14.1. The van der Waals surface area contributed by atoms with E-state index in [9.17, 15) is 13.2 Å². The lowest BCUT2D eigenvalue weighted by molar-refractivity contribution is -0.122. The first-order valence-electron chi connectivity index (χ1n) is 6.59. The average molecular weight is 294 g/mol. The van der Waals surface area contributed by atoms with E-state index in [1.54, 1.807) is 0 Å². The van der Waals surface area contributed by atoms with Gasteiger partial charge in [-0.2, -0.15) is 0 Å². The summed E-state index contributed by atoms with van der Waals surface area (Å²) in [6, 6.07) is 0. The fourth-order valence-electron chi connectivity index (χ4n) is 2.93. The third-order valence-corrected chi connectivity index (χ3v) is 6.76. The summed E-state index contributed by atoms with van der Waals surface area (Å²) in [6.07, 6.45) is 5.74. The number of nitrogens with one attached hydrogen (secondary N) is 1. The fraction of sp³-hybridized carbons (Fsp3) is 0.917. The summed E-state index contributed by atoms with van der Waals surface area (Å²) in [5, 5.41) is 2.06. The van der Waals surface area contributed by atoms with Crippen LogP contribution in [0.15, 0.2) is 0 Å². The molecule has 18 heavy (non-hydrogen) atoms. The predicted molar refractivity (Wildman–Crippen MR) is 71.5 cm³/mol. The van der Waals surface area contributed by atoms with E-state index in [1.807, 2.05) is 0 Å². The first-order chi connectivity index (χ1) is 8.49. The van der Waals surface area contributed by atoms with Crippen LogP contribution in [0.1, 0.15) is 44.9 Å². The highest BCUT2D eigenvalue weighted by molar-refractivity contribution is 7.92. The van der Waals surface area contributed by atoms with Gasteiger partial charge in [0, 0.05) is 5.88 Å². The molecule has 1 unspecified atom stereocenters. The van der Waals surface area contributed by atoms with Crippen LogP contribution in [0.2, 0.25) is 0 Å². The van der Waals surface area contributed by atoms with Gasteiger partial charge < -0.3 is 5.32 Å². The molecule has 1 aliphatic carbocycles. The Morgan fingerprint density at radius 3 is 2.44 bits per heavy atom. The first-order valence-corrected chi connectivity index (χ1v) is 8.84. The second-order valence-corrected chi connectivity index (χ2v) is 8.03. The van der Waals surface area contributed by atoms with Crippen LogP contribution in [0, 0.1) is 0 Å². The number of alkyl halides is 1. The van der Waals surface area contributed by atoms with E-state index in [0.717, 1.165) is 32.1 Å². The molecule has 2 rings (SSSR count). The molecule has 6 heteroatoms. The van der Waals surface area contributed by atoms with Crippen LogP contribution in [0.3, 0.4) is 0 Å². The molecular formula is C12H20ClNO3S. The summed E-state index contributed by atoms with van der Waals surface area (Å²) in [6.45, 7) is 0. The Labute approximate surface area is 113 Å². The minimum Gasteiger partial charge on any atom is -0.348 e. The SMILES string of the molecule is O=C(NC1(CCl)CCCC1)C1CCCCS1(=O)=O. The van der Waals surface area contributed by atoms with Gasteiger partial charge in [0.15, 0.2) is 9.84 Å². The molecule has 0 aromatic rings. The molecule has 0 bridgehead atoms. The monoisotopic (exact) mass is 293 g/mol. The van der Waals surface area contributed by atoms with Crippen LogP contribution < -0.4 is 5.32 Å². The Morgan fingerprint density at radius 2 is 1.89 bits per heavy atom. The summed E-state index contributed by atoms with van der Waals surface area (Å²) in [7, 11) is -3.25. The largest absolute Gasteiger partial charge is 0.348 e. The summed E-state index contributed by atoms with van der Waals surface area (Å²) in [5.41, 5.74) is -0.369. The van der Waals surface area contributed by atoms with Gasteiger partial charge in [-0.05, 0) is 25.7 Å². The normalized spacial score (nSPS) is 29.9. The van der Waals surface area contributed by atoms with Crippen molar-refractivity contribution in [3.63, 3.8) is 0 Å². The lowest BCUT2D eigenvalue weighted by Gasteiger charge is -2.31. The van der Waals surface area contributed by atoms with E-state index in [2.05, 4.69) is 5.32 Å². The molecule has 4 nitrogen and oxygen atoms in total. The quantitative estimate of drug-likeness (QED) is 0.804. The fourth-order valence-corrected chi connectivity index (χ4v) is 5.07. The van der Waals surface area contributed by atoms with E-state index in [4.69, 9.17) is 11.6 Å².